The minimum Gasteiger partial charge on any atom is -0.462 e. The average molecular weight is 920 g/mol. The molecule has 1 aromatic heterocycles. The van der Waals surface area contributed by atoms with Gasteiger partial charge >= 0.3 is 24.1 Å². The number of halogens is 10. The van der Waals surface area contributed by atoms with Crippen LogP contribution in [0.25, 0.3) is 5.69 Å². The first-order valence-electron chi connectivity index (χ1n) is 16.0. The first-order valence-corrected chi connectivity index (χ1v) is 17.5. The van der Waals surface area contributed by atoms with Gasteiger partial charge in [-0.15, -0.1) is 0 Å². The molecule has 0 bridgehead atoms. The number of Topliss-reactive ketones (excluding diaryl/α,β-unsaturated/α-hetero) is 1. The average Bonchev–Trinajstić information content (AvgIpc) is 3.13. The quantitative estimate of drug-likeness (QED) is 0.0322. The predicted octanol–water partition coefficient (Wildman–Crippen LogP) is 9.08. The van der Waals surface area contributed by atoms with Gasteiger partial charge in [0.25, 0.3) is 11.3 Å². The summed E-state index contributed by atoms with van der Waals surface area (Å²) in [5, 5.41) is 6.48. The van der Waals surface area contributed by atoms with Crippen LogP contribution in [0.1, 0.15) is 57.4 Å². The lowest BCUT2D eigenvalue weighted by Gasteiger charge is -2.10. The van der Waals surface area contributed by atoms with E-state index in [1.807, 2.05) is 5.43 Å². The van der Waals surface area contributed by atoms with Crippen LogP contribution in [0.3, 0.4) is 0 Å². The van der Waals surface area contributed by atoms with Gasteiger partial charge in [-0.2, -0.15) is 28.1 Å². The Morgan fingerprint density at radius 3 is 1.59 bits per heavy atom. The van der Waals surface area contributed by atoms with Crippen LogP contribution >= 0.6 is 46.6 Å². The highest BCUT2D eigenvalue weighted by Gasteiger charge is 2.37. The van der Waals surface area contributed by atoms with Gasteiger partial charge in [-0.05, 0) is 69.7 Å². The van der Waals surface area contributed by atoms with Gasteiger partial charge in [0, 0.05) is 17.8 Å². The van der Waals surface area contributed by atoms with Crippen molar-refractivity contribution in [2.45, 2.75) is 33.9 Å². The predicted molar refractivity (Wildman–Crippen MR) is 208 cm³/mol. The molecule has 4 aromatic rings. The molecule has 0 fully saturated rings. The van der Waals surface area contributed by atoms with Crippen LogP contribution in [0, 0.1) is 24.4 Å². The third-order valence-electron chi connectivity index (χ3n) is 6.55. The van der Waals surface area contributed by atoms with E-state index in [1.165, 1.54) is 18.3 Å². The summed E-state index contributed by atoms with van der Waals surface area (Å²) >= 11 is 22.4. The van der Waals surface area contributed by atoms with Crippen LogP contribution in [0.15, 0.2) is 58.6 Å². The van der Waals surface area contributed by atoms with E-state index in [9.17, 15) is 50.3 Å². The Bertz CT molecular complexity index is 2250. The van der Waals surface area contributed by atoms with Gasteiger partial charge < -0.3 is 20.4 Å². The van der Waals surface area contributed by atoms with E-state index in [0.717, 1.165) is 35.0 Å². The molecular weight excluding hydrogens is 888 g/mol. The number of ether oxygens (including phenoxy) is 3. The molecule has 0 saturated heterocycles. The number of hydrogen-bond acceptors (Lipinski definition) is 13. The maximum absolute atomic E-state index is 14.0. The number of ketones is 1. The number of hydrazone groups is 1. The molecule has 0 aliphatic heterocycles. The number of alkyl halides is 3. The number of nitrogens with one attached hydrogen (secondary N) is 2. The fourth-order valence-corrected chi connectivity index (χ4v) is 4.79. The molecule has 1 heterocycles. The number of hydrogen-bond donors (Lipinski definition) is 3. The SMILES string of the molecule is CCOC(=O)c1cc(-n2ncc(C)cc2=O)c(F)cc1Cl.CCOC(=O)c1cc(N/N=C/C(=O)C(F)(F)F)c(F)cc1Cl.CCOC(=O)c1cc(NCl)c(F)cc1Cl.N. The number of aromatic nitrogens is 2. The molecule has 0 radical (unpaired) electrons. The fourth-order valence-electron chi connectivity index (χ4n) is 3.97. The van der Waals surface area contributed by atoms with Gasteiger partial charge in [-0.25, -0.2) is 27.6 Å². The molecule has 14 nitrogen and oxygen atoms in total. The fraction of sp³-hybridized carbons (Fsp3) is 0.229. The summed E-state index contributed by atoms with van der Waals surface area (Å²) in [4.78, 5) is 59.2. The first kappa shape index (κ1) is 51.6. The summed E-state index contributed by atoms with van der Waals surface area (Å²) in [6, 6.07) is 7.28. The Kier molecular flexibility index (Phi) is 20.9. The first-order chi connectivity index (χ1) is 27.2. The highest BCUT2D eigenvalue weighted by molar-refractivity contribution is 6.35. The highest BCUT2D eigenvalue weighted by Crippen LogP contribution is 2.27. The van der Waals surface area contributed by atoms with Crippen molar-refractivity contribution in [2.75, 3.05) is 30.1 Å². The molecule has 3 aromatic carbocycles. The molecule has 24 heteroatoms. The topological polar surface area (TPSA) is 202 Å². The molecule has 0 amide bonds. The van der Waals surface area contributed by atoms with Crippen molar-refractivity contribution in [2.24, 2.45) is 5.10 Å². The van der Waals surface area contributed by atoms with E-state index in [2.05, 4.69) is 19.8 Å². The van der Waals surface area contributed by atoms with Crippen molar-refractivity contribution >= 4 is 87.9 Å². The van der Waals surface area contributed by atoms with E-state index >= 15 is 0 Å². The van der Waals surface area contributed by atoms with Crippen LogP contribution in [0.5, 0.6) is 0 Å². The largest absolute Gasteiger partial charge is 0.462 e. The lowest BCUT2D eigenvalue weighted by molar-refractivity contribution is -0.162. The summed E-state index contributed by atoms with van der Waals surface area (Å²) in [6.07, 6.45) is -3.72. The Labute approximate surface area is 351 Å². The second kappa shape index (κ2) is 23.9. The van der Waals surface area contributed by atoms with Gasteiger partial charge in [-0.1, -0.05) is 34.8 Å². The molecule has 4 rings (SSSR count). The molecule has 0 spiro atoms. The van der Waals surface area contributed by atoms with Gasteiger partial charge in [0.05, 0.1) is 75.4 Å². The Balaban J connectivity index is 0.000000447. The van der Waals surface area contributed by atoms with Crippen LogP contribution in [-0.4, -0.2) is 65.7 Å². The zero-order valence-corrected chi connectivity index (χ0v) is 33.9. The number of nitrogens with zero attached hydrogens (tertiary/aromatic N) is 3. The summed E-state index contributed by atoms with van der Waals surface area (Å²) in [5.41, 5.74) is 1.24. The monoisotopic (exact) mass is 918 g/mol. The third-order valence-corrected chi connectivity index (χ3v) is 7.69. The third kappa shape index (κ3) is 15.0. The van der Waals surface area contributed by atoms with E-state index in [0.29, 0.717) is 5.56 Å². The van der Waals surface area contributed by atoms with Gasteiger partial charge in [0.15, 0.2) is 5.82 Å². The van der Waals surface area contributed by atoms with Gasteiger partial charge in [0.2, 0.25) is 0 Å². The van der Waals surface area contributed by atoms with Crippen LogP contribution in [-0.2, 0) is 19.0 Å². The number of anilines is 2. The smallest absolute Gasteiger partial charge is 0.455 e. The Morgan fingerprint density at radius 1 is 0.746 bits per heavy atom. The lowest BCUT2D eigenvalue weighted by atomic mass is 10.2. The lowest BCUT2D eigenvalue weighted by Crippen LogP contribution is -2.24. The van der Waals surface area contributed by atoms with Crippen LogP contribution < -0.4 is 22.0 Å². The summed E-state index contributed by atoms with van der Waals surface area (Å²) in [7, 11) is 0. The molecule has 0 atom stereocenters. The number of carbonyl (C=O) groups is 4. The molecular formula is C35H32Cl4F6N6O8. The van der Waals surface area contributed by atoms with Gasteiger partial charge in [-0.3, -0.25) is 19.9 Å². The second-order valence-electron chi connectivity index (χ2n) is 10.7. The minimum absolute atomic E-state index is 0. The van der Waals surface area contributed by atoms with Crippen molar-refractivity contribution in [1.82, 2.24) is 15.9 Å². The zero-order chi connectivity index (χ0) is 43.9. The van der Waals surface area contributed by atoms with Crippen LogP contribution in [0.2, 0.25) is 15.1 Å². The van der Waals surface area contributed by atoms with E-state index in [-0.39, 0.29) is 75.3 Å². The highest BCUT2D eigenvalue weighted by atomic mass is 35.5. The van der Waals surface area contributed by atoms with E-state index in [1.54, 1.807) is 27.7 Å². The van der Waals surface area contributed by atoms with Gasteiger partial charge in [0.1, 0.15) is 17.3 Å². The molecule has 320 valence electrons. The summed E-state index contributed by atoms with van der Waals surface area (Å²) in [6.45, 7) is 6.97. The molecule has 59 heavy (non-hydrogen) atoms. The minimum atomic E-state index is -5.08. The standard InChI is InChI=1S/C14H12ClFN2O3.C12H9ClF4N2O3.C9H8Cl2FNO2.H3N/c1-3-21-14(20)9-5-12(11(16)6-10(9)15)18-13(19)4-8(2)7-17-18;1-2-22-11(21)6-3-9(8(14)4-7(6)13)19-18-5-10(20)12(15,16)17;1-2-15-9(14)5-3-8(13-11)7(12)4-6(5)10;/h4-7H,3H2,1-2H3;3-5,19H,2H2,1H3;3-4,13H,2H2,1H3;1H3/b;18-5+;;. The van der Waals surface area contributed by atoms with Crippen molar-refractivity contribution < 1.29 is 59.7 Å². The molecule has 0 aliphatic rings. The normalized spacial score (nSPS) is 10.5. The number of rotatable bonds is 11. The Morgan fingerprint density at radius 2 is 1.17 bits per heavy atom. The van der Waals surface area contributed by atoms with E-state index < -0.39 is 58.6 Å². The van der Waals surface area contributed by atoms with Crippen molar-refractivity contribution in [3.63, 3.8) is 0 Å². The summed E-state index contributed by atoms with van der Waals surface area (Å²) < 4.78 is 91.6. The van der Waals surface area contributed by atoms with Crippen molar-refractivity contribution in [3.05, 3.63) is 114 Å². The molecule has 0 aliphatic carbocycles. The van der Waals surface area contributed by atoms with Crippen LogP contribution in [0.4, 0.5) is 37.7 Å². The second-order valence-corrected chi connectivity index (χ2v) is 12.1. The van der Waals surface area contributed by atoms with Crippen molar-refractivity contribution in [1.29, 1.82) is 0 Å². The summed E-state index contributed by atoms with van der Waals surface area (Å²) in [5.74, 6) is -6.74. The van der Waals surface area contributed by atoms with Crippen molar-refractivity contribution in [3.8, 4) is 5.69 Å². The molecule has 5 N–H and O–H groups in total. The number of esters is 3. The maximum Gasteiger partial charge on any atom is 0.455 e. The molecule has 0 saturated carbocycles. The molecule has 0 unspecified atom stereocenters. The zero-order valence-electron chi connectivity index (χ0n) is 30.9. The number of carbonyl (C=O) groups excluding carboxylic acids is 4. The van der Waals surface area contributed by atoms with E-state index in [4.69, 9.17) is 56.1 Å². The number of aryl methyl sites for hydroxylation is 1. The Hall–Kier alpha value is -5.41. The number of benzene rings is 3. The maximum atomic E-state index is 14.0.